The van der Waals surface area contributed by atoms with Crippen molar-refractivity contribution in [1.82, 2.24) is 10.2 Å². The molecule has 4 nitrogen and oxygen atoms in total. The maximum atomic E-state index is 13.6. The smallest absolute Gasteiger partial charge is 0.243 e. The standard InChI is InChI=1S/C27H27Cl3N2O2S/c1-2-14-31-27(34)25(15-19-6-4-3-5-7-19)32(17-20-8-9-22(29)16-24(20)30)26(33)18-35-23-12-10-21(28)11-13-23/h3-13,16,25H,2,14-15,17-18H2,1H3,(H,31,34). The van der Waals surface area contributed by atoms with E-state index in [0.717, 1.165) is 22.4 Å². The molecule has 0 aromatic heterocycles. The van der Waals surface area contributed by atoms with Crippen LogP contribution in [0.25, 0.3) is 0 Å². The van der Waals surface area contributed by atoms with Gasteiger partial charge in [0, 0.05) is 39.5 Å². The summed E-state index contributed by atoms with van der Waals surface area (Å²) in [7, 11) is 0. The molecule has 35 heavy (non-hydrogen) atoms. The van der Waals surface area contributed by atoms with Crippen molar-refractivity contribution in [1.29, 1.82) is 0 Å². The van der Waals surface area contributed by atoms with Gasteiger partial charge in [-0.1, -0.05) is 78.1 Å². The molecule has 3 aromatic carbocycles. The molecule has 0 saturated carbocycles. The molecule has 0 aliphatic carbocycles. The third-order valence-corrected chi connectivity index (χ3v) is 7.19. The Bertz CT molecular complexity index is 1130. The van der Waals surface area contributed by atoms with E-state index in [-0.39, 0.29) is 24.1 Å². The SMILES string of the molecule is CCCNC(=O)C(Cc1ccccc1)N(Cc1ccc(Cl)cc1Cl)C(=O)CSc1ccc(Cl)cc1. The second-order valence-electron chi connectivity index (χ2n) is 8.00. The number of benzene rings is 3. The number of carbonyl (C=O) groups excluding carboxylic acids is 2. The molecule has 1 unspecified atom stereocenters. The summed E-state index contributed by atoms with van der Waals surface area (Å²) in [5.41, 5.74) is 1.69. The van der Waals surface area contributed by atoms with Gasteiger partial charge in [0.25, 0.3) is 0 Å². The fourth-order valence-corrected chi connectivity index (χ4v) is 4.89. The first-order valence-corrected chi connectivity index (χ1v) is 13.4. The highest BCUT2D eigenvalue weighted by molar-refractivity contribution is 8.00. The molecule has 0 radical (unpaired) electrons. The van der Waals surface area contributed by atoms with Crippen LogP contribution in [-0.4, -0.2) is 35.1 Å². The summed E-state index contributed by atoms with van der Waals surface area (Å²) in [5.74, 6) is -0.187. The molecule has 2 amide bonds. The van der Waals surface area contributed by atoms with Crippen LogP contribution in [0.3, 0.4) is 0 Å². The molecule has 0 aliphatic rings. The summed E-state index contributed by atoms with van der Waals surface area (Å²) in [6, 6.07) is 21.5. The van der Waals surface area contributed by atoms with E-state index < -0.39 is 6.04 Å². The predicted molar refractivity (Wildman–Crippen MR) is 146 cm³/mol. The van der Waals surface area contributed by atoms with Gasteiger partial charge >= 0.3 is 0 Å². The number of nitrogens with one attached hydrogen (secondary N) is 1. The Balaban J connectivity index is 1.91. The second kappa shape index (κ2) is 13.8. The van der Waals surface area contributed by atoms with E-state index in [1.807, 2.05) is 49.4 Å². The number of thioether (sulfide) groups is 1. The van der Waals surface area contributed by atoms with Gasteiger partial charge in [0.1, 0.15) is 6.04 Å². The number of hydrogen-bond donors (Lipinski definition) is 1. The number of hydrogen-bond acceptors (Lipinski definition) is 3. The van der Waals surface area contributed by atoms with Crippen LogP contribution in [-0.2, 0) is 22.6 Å². The Morgan fingerprint density at radius 3 is 2.29 bits per heavy atom. The Hall–Kier alpha value is -2.18. The molecule has 1 N–H and O–H groups in total. The largest absolute Gasteiger partial charge is 0.354 e. The van der Waals surface area contributed by atoms with Crippen LogP contribution < -0.4 is 5.32 Å². The van der Waals surface area contributed by atoms with Gasteiger partial charge in [-0.05, 0) is 53.9 Å². The van der Waals surface area contributed by atoms with Gasteiger partial charge in [-0.25, -0.2) is 0 Å². The van der Waals surface area contributed by atoms with Crippen molar-refractivity contribution in [2.45, 2.75) is 37.2 Å². The van der Waals surface area contributed by atoms with Crippen LogP contribution in [0, 0.1) is 0 Å². The minimum absolute atomic E-state index is 0.163. The lowest BCUT2D eigenvalue weighted by molar-refractivity contribution is -0.139. The fourth-order valence-electron chi connectivity index (χ4n) is 3.51. The van der Waals surface area contributed by atoms with Crippen LogP contribution >= 0.6 is 46.6 Å². The lowest BCUT2D eigenvalue weighted by Gasteiger charge is -2.32. The zero-order valence-electron chi connectivity index (χ0n) is 19.3. The first-order valence-electron chi connectivity index (χ1n) is 11.3. The van der Waals surface area contributed by atoms with E-state index in [1.54, 1.807) is 35.2 Å². The van der Waals surface area contributed by atoms with Gasteiger partial charge in [-0.3, -0.25) is 9.59 Å². The highest BCUT2D eigenvalue weighted by Crippen LogP contribution is 2.26. The molecule has 8 heteroatoms. The van der Waals surface area contributed by atoms with Crippen molar-refractivity contribution >= 4 is 58.4 Å². The summed E-state index contributed by atoms with van der Waals surface area (Å²) >= 11 is 19.9. The molecule has 0 bridgehead atoms. The Morgan fingerprint density at radius 1 is 0.943 bits per heavy atom. The van der Waals surface area contributed by atoms with Crippen molar-refractivity contribution in [2.24, 2.45) is 0 Å². The van der Waals surface area contributed by atoms with Crippen LogP contribution in [0.15, 0.2) is 77.7 Å². The van der Waals surface area contributed by atoms with Crippen LogP contribution in [0.1, 0.15) is 24.5 Å². The first-order chi connectivity index (χ1) is 16.9. The summed E-state index contributed by atoms with van der Waals surface area (Å²) in [5, 5.41) is 4.57. The zero-order valence-corrected chi connectivity index (χ0v) is 22.4. The monoisotopic (exact) mass is 548 g/mol. The van der Waals surface area contributed by atoms with Gasteiger partial charge in [0.05, 0.1) is 5.75 Å². The number of rotatable bonds is 11. The van der Waals surface area contributed by atoms with Gasteiger partial charge in [-0.15, -0.1) is 11.8 Å². The van der Waals surface area contributed by atoms with E-state index in [2.05, 4.69) is 5.32 Å². The Morgan fingerprint density at radius 2 is 1.63 bits per heavy atom. The molecule has 0 spiro atoms. The number of nitrogens with zero attached hydrogens (tertiary/aromatic N) is 1. The molecule has 1 atom stereocenters. The maximum Gasteiger partial charge on any atom is 0.243 e. The van der Waals surface area contributed by atoms with Gasteiger partial charge in [0.2, 0.25) is 11.8 Å². The normalized spacial score (nSPS) is 11.7. The lowest BCUT2D eigenvalue weighted by atomic mass is 10.0. The molecule has 184 valence electrons. The molecule has 0 fully saturated rings. The van der Waals surface area contributed by atoms with Gasteiger partial charge in [0.15, 0.2) is 0 Å². The minimum atomic E-state index is -0.700. The van der Waals surface area contributed by atoms with E-state index in [9.17, 15) is 9.59 Å². The van der Waals surface area contributed by atoms with Crippen molar-refractivity contribution in [3.05, 3.63) is 99.0 Å². The average molecular weight is 550 g/mol. The third kappa shape index (κ3) is 8.46. The molecule has 3 rings (SSSR count). The van der Waals surface area contributed by atoms with E-state index in [0.29, 0.717) is 28.0 Å². The first kappa shape index (κ1) is 27.4. The average Bonchev–Trinajstić information content (AvgIpc) is 2.86. The van der Waals surface area contributed by atoms with Gasteiger partial charge < -0.3 is 10.2 Å². The highest BCUT2D eigenvalue weighted by atomic mass is 35.5. The van der Waals surface area contributed by atoms with E-state index >= 15 is 0 Å². The van der Waals surface area contributed by atoms with E-state index in [4.69, 9.17) is 34.8 Å². The van der Waals surface area contributed by atoms with Crippen molar-refractivity contribution in [3.8, 4) is 0 Å². The molecule has 0 heterocycles. The summed E-state index contributed by atoms with van der Waals surface area (Å²) in [4.78, 5) is 29.5. The lowest BCUT2D eigenvalue weighted by Crippen LogP contribution is -2.51. The summed E-state index contributed by atoms with van der Waals surface area (Å²) in [6.45, 7) is 2.71. The Labute approximate surface area is 225 Å². The quantitative estimate of drug-likeness (QED) is 0.265. The number of carbonyl (C=O) groups is 2. The predicted octanol–water partition coefficient (Wildman–Crippen LogP) is 6.91. The number of halogens is 3. The number of amides is 2. The van der Waals surface area contributed by atoms with E-state index in [1.165, 1.54) is 11.8 Å². The third-order valence-electron chi connectivity index (χ3n) is 5.35. The van der Waals surface area contributed by atoms with Crippen LogP contribution in [0.5, 0.6) is 0 Å². The minimum Gasteiger partial charge on any atom is -0.354 e. The second-order valence-corrected chi connectivity index (χ2v) is 10.3. The molecular weight excluding hydrogens is 523 g/mol. The molecular formula is C27H27Cl3N2O2S. The summed E-state index contributed by atoms with van der Waals surface area (Å²) in [6.07, 6.45) is 1.19. The molecule has 3 aromatic rings. The highest BCUT2D eigenvalue weighted by Gasteiger charge is 2.30. The fraction of sp³-hybridized carbons (Fsp3) is 0.259. The van der Waals surface area contributed by atoms with Crippen LogP contribution in [0.2, 0.25) is 15.1 Å². The topological polar surface area (TPSA) is 49.4 Å². The van der Waals surface area contributed by atoms with Crippen molar-refractivity contribution < 1.29 is 9.59 Å². The maximum absolute atomic E-state index is 13.6. The zero-order chi connectivity index (χ0) is 25.2. The van der Waals surface area contributed by atoms with Crippen molar-refractivity contribution in [2.75, 3.05) is 12.3 Å². The summed E-state index contributed by atoms with van der Waals surface area (Å²) < 4.78 is 0. The molecule has 0 aliphatic heterocycles. The molecule has 0 saturated heterocycles. The van der Waals surface area contributed by atoms with Crippen molar-refractivity contribution in [3.63, 3.8) is 0 Å². The van der Waals surface area contributed by atoms with Gasteiger partial charge in [-0.2, -0.15) is 0 Å². The Kier molecular flexibility index (Phi) is 10.8. The van der Waals surface area contributed by atoms with Crippen LogP contribution in [0.4, 0.5) is 0 Å².